The van der Waals surface area contributed by atoms with Gasteiger partial charge in [-0.05, 0) is 6.07 Å². The van der Waals surface area contributed by atoms with Crippen molar-refractivity contribution >= 4 is 58.0 Å². The number of aliphatic hydroxyl groups is 3. The van der Waals surface area contributed by atoms with Gasteiger partial charge in [0.1, 0.15) is 53.6 Å². The molecule has 2 fully saturated rings. The quantitative estimate of drug-likeness (QED) is 0.0603. The first-order valence-electron chi connectivity index (χ1n) is 14.4. The Morgan fingerprint density at radius 1 is 0.962 bits per heavy atom. The van der Waals surface area contributed by atoms with Crippen LogP contribution in [0.3, 0.4) is 0 Å². The van der Waals surface area contributed by atoms with Gasteiger partial charge in [-0.3, -0.25) is 22.9 Å². The van der Waals surface area contributed by atoms with Crippen LogP contribution >= 0.6 is 23.5 Å². The number of carboxylic acid groups (broad SMARTS) is 1. The van der Waals surface area contributed by atoms with Crippen LogP contribution in [-0.2, 0) is 45.8 Å². The number of ether oxygens (including phenoxy) is 2. The van der Waals surface area contributed by atoms with Crippen molar-refractivity contribution in [3.05, 3.63) is 36.7 Å². The second-order valence-corrected chi connectivity index (χ2v) is 15.3. The number of phosphoric ester groups is 3. The molecule has 2 aliphatic rings. The molecule has 2 aliphatic heterocycles. The average Bonchev–Trinajstić information content (AvgIpc) is 3.68. The number of aromatic nitrogens is 5. The van der Waals surface area contributed by atoms with E-state index < -0.39 is 97.6 Å². The van der Waals surface area contributed by atoms with Crippen LogP contribution in [0.15, 0.2) is 31.1 Å². The first-order valence-corrected chi connectivity index (χ1v) is 18.9. The van der Waals surface area contributed by atoms with E-state index in [1.165, 1.54) is 6.20 Å². The number of rotatable bonds is 14. The van der Waals surface area contributed by atoms with Crippen molar-refractivity contribution in [2.45, 2.75) is 56.0 Å². The normalized spacial score (nSPS) is 28.8. The predicted octanol–water partition coefficient (Wildman–Crippen LogP) is -2.34. The minimum atomic E-state index is -5.59. The minimum Gasteiger partial charge on any atom is -0.477 e. The fourth-order valence-electron chi connectivity index (χ4n) is 5.17. The van der Waals surface area contributed by atoms with Crippen LogP contribution in [-0.4, -0.2) is 121 Å². The van der Waals surface area contributed by atoms with Gasteiger partial charge in [-0.15, -0.1) is 0 Å². The number of aromatic carboxylic acids is 1. The Balaban J connectivity index is 1.22. The Morgan fingerprint density at radius 2 is 1.60 bits per heavy atom. The number of fused-ring (bicyclic) bond motifs is 1. The maximum atomic E-state index is 12.6. The molecule has 5 rings (SSSR count). The molecule has 2 saturated heterocycles. The van der Waals surface area contributed by atoms with Crippen LogP contribution < -0.4 is 15.6 Å². The number of hydrogen-bond acceptors (Lipinski definition) is 18. The molecule has 29 heteroatoms. The molecule has 0 saturated carbocycles. The van der Waals surface area contributed by atoms with Gasteiger partial charge in [-0.2, -0.15) is 8.88 Å². The number of phosphoric acid groups is 3. The number of imidazole rings is 1. The molecule has 2 unspecified atom stereocenters. The number of hydrogen-bond donors (Lipinski definition) is 10. The Morgan fingerprint density at radius 3 is 2.19 bits per heavy atom. The molecule has 10 atom stereocenters. The highest BCUT2D eigenvalue weighted by atomic mass is 31.3. The van der Waals surface area contributed by atoms with Gasteiger partial charge in [-0.25, -0.2) is 33.4 Å². The van der Waals surface area contributed by atoms with E-state index >= 15 is 0 Å². The molecule has 0 aromatic carbocycles. The van der Waals surface area contributed by atoms with Crippen LogP contribution in [0.4, 0.5) is 11.5 Å². The van der Waals surface area contributed by atoms with E-state index in [-0.39, 0.29) is 28.2 Å². The smallest absolute Gasteiger partial charge is 0.477 e. The highest BCUT2D eigenvalue weighted by molar-refractivity contribution is 7.61. The number of aliphatic hydroxyl groups excluding tert-OH is 3. The molecule has 3 aromatic heterocycles. The zero-order valence-electron chi connectivity index (χ0n) is 26.1. The van der Waals surface area contributed by atoms with Crippen molar-refractivity contribution in [2.75, 3.05) is 24.3 Å². The van der Waals surface area contributed by atoms with Gasteiger partial charge in [0.25, 0.3) is 6.23 Å². The fraction of sp³-hybridized carbons (Fsp3) is 0.478. The van der Waals surface area contributed by atoms with Crippen molar-refractivity contribution in [2.24, 2.45) is 0 Å². The summed E-state index contributed by atoms with van der Waals surface area (Å²) < 4.78 is 68.4. The van der Waals surface area contributed by atoms with Crippen LogP contribution in [0.25, 0.3) is 11.2 Å². The largest absolute Gasteiger partial charge is 0.481 e. The number of nitrogens with one attached hydrogen (secondary N) is 1. The number of carbonyl (C=O) groups excluding carboxylic acids is 1. The SMILES string of the molecule is CC(=O)Nc1cc(C(=O)O)c[n+]([C@H]2O[C@@H](COP(=O)(O)OP(=O)(O)OC[C@H]3O[C@@H](n4cnc5c(N)ncnc54)[C@H](OP(=O)(O)O)[C@@H]3O)[C@H](O)[C@@H]2O)c1. The molecule has 3 aromatic rings. The lowest BCUT2D eigenvalue weighted by atomic mass is 10.1. The van der Waals surface area contributed by atoms with Gasteiger partial charge >= 0.3 is 29.4 Å². The van der Waals surface area contributed by atoms with Crippen LogP contribution in [0.1, 0.15) is 29.7 Å². The van der Waals surface area contributed by atoms with Gasteiger partial charge < -0.3 is 60.5 Å². The van der Waals surface area contributed by atoms with E-state index in [0.29, 0.717) is 0 Å². The van der Waals surface area contributed by atoms with Gasteiger partial charge in [0.2, 0.25) is 5.91 Å². The highest BCUT2D eigenvalue weighted by Gasteiger charge is 2.52. The van der Waals surface area contributed by atoms with Crippen molar-refractivity contribution in [3.8, 4) is 0 Å². The van der Waals surface area contributed by atoms with E-state index in [2.05, 4.69) is 29.1 Å². The predicted molar refractivity (Wildman–Crippen MR) is 163 cm³/mol. The second-order valence-electron chi connectivity index (χ2n) is 11.1. The first kappa shape index (κ1) is 39.8. The number of nitrogen functional groups attached to an aromatic ring is 1. The molecule has 0 radical (unpaired) electrons. The summed E-state index contributed by atoms with van der Waals surface area (Å²) in [6.45, 7) is -1.01. The molecule has 52 heavy (non-hydrogen) atoms. The van der Waals surface area contributed by atoms with Gasteiger partial charge in [0.05, 0.1) is 19.5 Å². The Kier molecular flexibility index (Phi) is 11.6. The van der Waals surface area contributed by atoms with E-state index in [1.54, 1.807) is 0 Å². The molecule has 0 spiro atoms. The summed E-state index contributed by atoms with van der Waals surface area (Å²) in [6.07, 6.45) is -9.60. The monoisotopic (exact) mass is 802 g/mol. The van der Waals surface area contributed by atoms with E-state index in [0.717, 1.165) is 41.0 Å². The fourth-order valence-corrected chi connectivity index (χ4v) is 7.81. The number of carbonyl (C=O) groups is 2. The third-order valence-corrected chi connectivity index (χ3v) is 10.4. The van der Waals surface area contributed by atoms with Crippen molar-refractivity contribution in [1.29, 1.82) is 0 Å². The topological polar surface area (TPSA) is 388 Å². The number of carboxylic acids is 1. The maximum Gasteiger partial charge on any atom is 0.481 e. The Hall–Kier alpha value is -3.39. The number of anilines is 2. The zero-order chi connectivity index (χ0) is 38.3. The summed E-state index contributed by atoms with van der Waals surface area (Å²) in [5.74, 6) is -2.05. The van der Waals surface area contributed by atoms with Crippen LogP contribution in [0.5, 0.6) is 0 Å². The van der Waals surface area contributed by atoms with Crippen molar-refractivity contribution < 1.29 is 95.2 Å². The summed E-state index contributed by atoms with van der Waals surface area (Å²) in [7, 11) is -16.4. The Labute approximate surface area is 289 Å². The summed E-state index contributed by atoms with van der Waals surface area (Å²) in [4.78, 5) is 73.9. The second kappa shape index (κ2) is 15.2. The summed E-state index contributed by atoms with van der Waals surface area (Å²) in [6, 6.07) is 1.10. The van der Waals surface area contributed by atoms with Gasteiger partial charge in [0.15, 0.2) is 36.2 Å². The van der Waals surface area contributed by atoms with E-state index in [9.17, 15) is 63.3 Å². The molecule has 26 nitrogen and oxygen atoms in total. The lowest BCUT2D eigenvalue weighted by Gasteiger charge is -2.22. The van der Waals surface area contributed by atoms with E-state index in [4.69, 9.17) is 24.3 Å². The Bertz CT molecular complexity index is 1980. The van der Waals surface area contributed by atoms with Gasteiger partial charge in [-0.1, -0.05) is 0 Å². The number of nitrogens with zero attached hydrogens (tertiary/aromatic N) is 5. The minimum absolute atomic E-state index is 0.0163. The summed E-state index contributed by atoms with van der Waals surface area (Å²) in [5, 5.41) is 43.6. The summed E-state index contributed by atoms with van der Waals surface area (Å²) >= 11 is 0. The molecule has 5 heterocycles. The lowest BCUT2D eigenvalue weighted by Crippen LogP contribution is -2.46. The molecule has 0 bridgehead atoms. The molecule has 11 N–H and O–H groups in total. The summed E-state index contributed by atoms with van der Waals surface area (Å²) in [5.41, 5.74) is 5.42. The lowest BCUT2D eigenvalue weighted by molar-refractivity contribution is -0.765. The first-order chi connectivity index (χ1) is 24.1. The highest BCUT2D eigenvalue weighted by Crippen LogP contribution is 2.61. The molecular weight excluding hydrogens is 771 g/mol. The molecule has 0 aliphatic carbocycles. The maximum absolute atomic E-state index is 12.6. The number of amides is 1. The number of nitrogens with two attached hydrogens (primary N) is 1. The van der Waals surface area contributed by atoms with Crippen LogP contribution in [0, 0.1) is 0 Å². The third kappa shape index (κ3) is 9.21. The number of pyridine rings is 1. The standard InChI is InChI=1S/C23H30N7O19P3/c1-9(31)28-11-2-10(23(35)36)3-29(4-11)21-17(34)15(32)12(46-21)5-44-51(40,41)49-52(42,43)45-6-13-16(33)18(48-50(37,38)39)22(47-13)30-8-27-14-19(24)25-7-26-20(14)30/h2-4,7-8,12-13,15-18,21-22,32-34H,5-6H2,1H3,(H7-,24,25,26,28,31,35,36,37,38,39,40,41,42,43)/p+1/t12-,13+,15-,16+,17-,18+,21-,22+/m0/s1. The average molecular weight is 802 g/mol. The third-order valence-electron chi connectivity index (χ3n) is 7.33. The van der Waals surface area contributed by atoms with Crippen LogP contribution in [0.2, 0.25) is 0 Å². The van der Waals surface area contributed by atoms with Crippen molar-refractivity contribution in [3.63, 3.8) is 0 Å². The van der Waals surface area contributed by atoms with Gasteiger partial charge in [0, 0.05) is 6.92 Å². The molecule has 286 valence electrons. The zero-order valence-corrected chi connectivity index (χ0v) is 28.8. The van der Waals surface area contributed by atoms with E-state index in [1.807, 2.05) is 0 Å². The molecular formula is C23H31N7O19P3+. The van der Waals surface area contributed by atoms with Crippen molar-refractivity contribution in [1.82, 2.24) is 19.5 Å². The molecule has 1 amide bonds.